The van der Waals surface area contributed by atoms with Crippen molar-refractivity contribution in [2.45, 2.75) is 48.6 Å². The van der Waals surface area contributed by atoms with Gasteiger partial charge in [0.05, 0.1) is 29.2 Å². The van der Waals surface area contributed by atoms with E-state index in [1.165, 1.54) is 23.9 Å². The van der Waals surface area contributed by atoms with Crippen molar-refractivity contribution < 1.29 is 37.0 Å². The van der Waals surface area contributed by atoms with Gasteiger partial charge in [-0.25, -0.2) is 9.78 Å². The molecular formula is C26H20F2N4O6S. The fraction of sp³-hybridized carbons (Fsp3) is 0.269. The lowest BCUT2D eigenvalue weighted by Crippen LogP contribution is -2.26. The summed E-state index contributed by atoms with van der Waals surface area (Å²) in [4.78, 5) is 36.1. The maximum Gasteiger partial charge on any atom is 0.586 e. The summed E-state index contributed by atoms with van der Waals surface area (Å²) in [7, 11) is 0. The molecule has 5 heterocycles. The minimum Gasteiger partial charge on any atom is -0.461 e. The number of aromatic nitrogens is 3. The number of Topliss-reactive ketones (excluding diaryl/α,β-unsaturated/α-hetero) is 1. The number of hydrogen-bond donors (Lipinski definition) is 3. The number of allylic oxidation sites excluding steroid dienone is 2. The highest BCUT2D eigenvalue weighted by Crippen LogP contribution is 2.48. The molecule has 13 heteroatoms. The van der Waals surface area contributed by atoms with E-state index in [4.69, 9.17) is 9.15 Å². The molecule has 1 atom stereocenters. The van der Waals surface area contributed by atoms with Crippen LogP contribution < -0.4 is 14.8 Å². The van der Waals surface area contributed by atoms with Gasteiger partial charge in [0.15, 0.2) is 27.5 Å². The summed E-state index contributed by atoms with van der Waals surface area (Å²) in [5.74, 6) is -0.590. The number of fused-ring (bicyclic) bond motifs is 3. The van der Waals surface area contributed by atoms with Gasteiger partial charge in [-0.2, -0.15) is 0 Å². The second-order valence-electron chi connectivity index (χ2n) is 9.23. The fourth-order valence-corrected chi connectivity index (χ4v) is 5.98. The van der Waals surface area contributed by atoms with Gasteiger partial charge in [-0.1, -0.05) is 0 Å². The number of halogens is 2. The van der Waals surface area contributed by atoms with Crippen molar-refractivity contribution in [2.75, 3.05) is 11.9 Å². The molecule has 1 aliphatic carbocycles. The average molecular weight is 555 g/mol. The number of H-pyrrole nitrogens is 2. The fourth-order valence-electron chi connectivity index (χ4n) is 5.21. The number of nitrogens with zero attached hydrogens (tertiary/aromatic N) is 1. The number of esters is 1. The molecule has 0 radical (unpaired) electrons. The molecule has 3 aromatic heterocycles. The maximum atomic E-state index is 13.4. The lowest BCUT2D eigenvalue weighted by molar-refractivity contribution is -0.286. The number of aromatic amines is 2. The number of carbonyl (C=O) groups excluding carboxylic acids is 2. The van der Waals surface area contributed by atoms with Gasteiger partial charge in [0.2, 0.25) is 0 Å². The first-order valence-corrected chi connectivity index (χ1v) is 13.1. The number of nitrogens with one attached hydrogen (secondary N) is 3. The molecule has 0 spiro atoms. The van der Waals surface area contributed by atoms with Crippen molar-refractivity contribution in [2.24, 2.45) is 0 Å². The summed E-state index contributed by atoms with van der Waals surface area (Å²) in [6.07, 6.45) is -0.175. The van der Waals surface area contributed by atoms with Crippen molar-refractivity contribution in [1.29, 1.82) is 0 Å². The Balaban J connectivity index is 1.21. The molecule has 0 saturated carbocycles. The van der Waals surface area contributed by atoms with Crippen molar-refractivity contribution in [1.82, 2.24) is 15.0 Å². The third kappa shape index (κ3) is 3.95. The van der Waals surface area contributed by atoms with Crippen LogP contribution in [0.4, 0.5) is 14.5 Å². The van der Waals surface area contributed by atoms with Crippen LogP contribution in [0, 0.1) is 0 Å². The van der Waals surface area contributed by atoms with Crippen LogP contribution in [-0.4, -0.2) is 39.6 Å². The van der Waals surface area contributed by atoms with Crippen molar-refractivity contribution >= 4 is 40.2 Å². The molecule has 1 aromatic carbocycles. The predicted molar refractivity (Wildman–Crippen MR) is 133 cm³/mol. The van der Waals surface area contributed by atoms with Gasteiger partial charge in [0.25, 0.3) is 0 Å². The van der Waals surface area contributed by atoms with E-state index >= 15 is 0 Å². The third-order valence-electron chi connectivity index (χ3n) is 6.79. The number of benzene rings is 1. The highest BCUT2D eigenvalue weighted by molar-refractivity contribution is 7.99. The van der Waals surface area contributed by atoms with Crippen molar-refractivity contribution in [3.05, 3.63) is 58.8 Å². The highest BCUT2D eigenvalue weighted by atomic mass is 32.2. The Morgan fingerprint density at radius 2 is 2.05 bits per heavy atom. The molecule has 1 unspecified atom stereocenters. The number of hydrogen-bond acceptors (Lipinski definition) is 9. The summed E-state index contributed by atoms with van der Waals surface area (Å²) in [6, 6.07) is 6.36. The summed E-state index contributed by atoms with van der Waals surface area (Å²) in [6.45, 7) is 1.97. The van der Waals surface area contributed by atoms with Crippen LogP contribution in [-0.2, 0) is 9.53 Å². The summed E-state index contributed by atoms with van der Waals surface area (Å²) >= 11 is 1.20. The summed E-state index contributed by atoms with van der Waals surface area (Å²) in [5, 5.41) is 4.27. The zero-order valence-electron chi connectivity index (χ0n) is 20.4. The lowest BCUT2D eigenvalue weighted by Gasteiger charge is -2.31. The highest BCUT2D eigenvalue weighted by Gasteiger charge is 2.44. The summed E-state index contributed by atoms with van der Waals surface area (Å²) in [5.41, 5.74) is 3.92. The molecule has 10 nitrogen and oxygen atoms in total. The van der Waals surface area contributed by atoms with Crippen molar-refractivity contribution in [3.8, 4) is 11.5 Å². The summed E-state index contributed by atoms with van der Waals surface area (Å²) < 4.78 is 47.2. The zero-order valence-corrected chi connectivity index (χ0v) is 21.2. The van der Waals surface area contributed by atoms with E-state index in [0.29, 0.717) is 68.8 Å². The smallest absolute Gasteiger partial charge is 0.461 e. The van der Waals surface area contributed by atoms with Crippen LogP contribution in [0.2, 0.25) is 0 Å². The third-order valence-corrected chi connectivity index (χ3v) is 7.60. The Morgan fingerprint density at radius 1 is 1.23 bits per heavy atom. The van der Waals surface area contributed by atoms with Gasteiger partial charge in [0, 0.05) is 41.6 Å². The number of imidazole rings is 1. The second kappa shape index (κ2) is 8.63. The Hall–Kier alpha value is -4.26. The topological polar surface area (TPSA) is 131 Å². The van der Waals surface area contributed by atoms with Gasteiger partial charge >= 0.3 is 12.3 Å². The monoisotopic (exact) mass is 554 g/mol. The predicted octanol–water partition coefficient (Wildman–Crippen LogP) is 5.70. The van der Waals surface area contributed by atoms with E-state index in [9.17, 15) is 18.4 Å². The van der Waals surface area contributed by atoms with Gasteiger partial charge < -0.3 is 33.9 Å². The zero-order chi connectivity index (χ0) is 26.9. The molecular weight excluding hydrogens is 534 g/mol. The molecule has 0 bridgehead atoms. The van der Waals surface area contributed by atoms with Crippen LogP contribution in [0.3, 0.4) is 0 Å². The van der Waals surface area contributed by atoms with E-state index in [1.54, 1.807) is 25.3 Å². The molecule has 3 N–H and O–H groups in total. The molecule has 0 fully saturated rings. The Morgan fingerprint density at radius 3 is 2.87 bits per heavy atom. The van der Waals surface area contributed by atoms with Crippen molar-refractivity contribution in [3.63, 3.8) is 0 Å². The van der Waals surface area contributed by atoms with Gasteiger partial charge in [-0.3, -0.25) is 4.79 Å². The first kappa shape index (κ1) is 23.8. The standard InChI is InChI=1S/C26H20F2N4O6S/c1-2-35-24(34)23-22-11(10-29-23)20(21-12(30-22)4-3-5-15(21)33)16-6-7-19(36-16)39-25-31-13-8-17-18(9-14(13)32-25)38-26(27,28)37-17/h6-10,20,29-30H,2-5H2,1H3,(H,31,32). The van der Waals surface area contributed by atoms with Gasteiger partial charge in [0.1, 0.15) is 11.5 Å². The molecule has 0 amide bonds. The number of alkyl halides is 2. The number of carbonyl (C=O) groups is 2. The molecule has 200 valence electrons. The Kier molecular flexibility index (Phi) is 5.27. The molecule has 0 saturated heterocycles. The van der Waals surface area contributed by atoms with Gasteiger partial charge in [-0.05, 0) is 43.7 Å². The minimum atomic E-state index is -3.71. The van der Waals surface area contributed by atoms with Crippen LogP contribution >= 0.6 is 11.8 Å². The molecule has 7 rings (SSSR count). The van der Waals surface area contributed by atoms with Gasteiger partial charge in [-0.15, -0.1) is 8.78 Å². The number of anilines is 1. The Labute approximate surface area is 223 Å². The second-order valence-corrected chi connectivity index (χ2v) is 10.2. The molecule has 3 aliphatic rings. The molecule has 4 aromatic rings. The first-order chi connectivity index (χ1) is 18.8. The van der Waals surface area contributed by atoms with E-state index in [1.807, 2.05) is 0 Å². The van der Waals surface area contributed by atoms with Crippen LogP contribution in [0.5, 0.6) is 11.5 Å². The van der Waals surface area contributed by atoms with E-state index < -0.39 is 18.2 Å². The first-order valence-electron chi connectivity index (χ1n) is 12.3. The minimum absolute atomic E-state index is 0.0317. The van der Waals surface area contributed by atoms with Crippen LogP contribution in [0.25, 0.3) is 11.0 Å². The number of furan rings is 1. The SMILES string of the molecule is CCOC(=O)c1[nH]cc2c1NC1=C(C(=O)CCC1)C2c1ccc(Sc2nc3cc4c(cc3[nH]2)OC(F)(F)O4)o1. The maximum absolute atomic E-state index is 13.4. The normalized spacial score (nSPS) is 19.2. The van der Waals surface area contributed by atoms with E-state index in [2.05, 4.69) is 29.7 Å². The quantitative estimate of drug-likeness (QED) is 0.266. The Bertz CT molecular complexity index is 1660. The number of ether oxygens (including phenoxy) is 3. The number of rotatable bonds is 5. The lowest BCUT2D eigenvalue weighted by atomic mass is 9.78. The molecule has 2 aliphatic heterocycles. The van der Waals surface area contributed by atoms with Crippen LogP contribution in [0.15, 0.2) is 56.4 Å². The largest absolute Gasteiger partial charge is 0.586 e. The molecule has 39 heavy (non-hydrogen) atoms. The van der Waals surface area contributed by atoms with E-state index in [-0.39, 0.29) is 23.9 Å². The van der Waals surface area contributed by atoms with E-state index in [0.717, 1.165) is 5.70 Å². The van der Waals surface area contributed by atoms with Crippen LogP contribution in [0.1, 0.15) is 53.9 Å². The number of ketones is 1. The average Bonchev–Trinajstić information content (AvgIpc) is 3.65.